The summed E-state index contributed by atoms with van der Waals surface area (Å²) in [5.74, 6) is 0.221. The van der Waals surface area contributed by atoms with E-state index in [1.807, 2.05) is 64.5 Å². The predicted octanol–water partition coefficient (Wildman–Crippen LogP) is 5.61. The van der Waals surface area contributed by atoms with E-state index in [0.717, 1.165) is 30.3 Å². The van der Waals surface area contributed by atoms with E-state index in [0.29, 0.717) is 31.6 Å². The minimum absolute atomic E-state index is 0.0212. The molecule has 194 valence electrons. The lowest BCUT2D eigenvalue weighted by Crippen LogP contribution is -2.55. The van der Waals surface area contributed by atoms with Gasteiger partial charge in [-0.3, -0.25) is 14.5 Å². The summed E-state index contributed by atoms with van der Waals surface area (Å²) >= 11 is 1.84. The summed E-state index contributed by atoms with van der Waals surface area (Å²) in [5, 5.41) is 4.39. The van der Waals surface area contributed by atoms with Crippen LogP contribution in [0.5, 0.6) is 0 Å². The highest BCUT2D eigenvalue weighted by atomic mass is 32.1. The van der Waals surface area contributed by atoms with Gasteiger partial charge in [-0.1, -0.05) is 60.7 Å². The molecule has 0 radical (unpaired) electrons. The molecule has 0 bridgehead atoms. The molecule has 6 rings (SSSR count). The Bertz CT molecular complexity index is 1450. The largest absolute Gasteiger partial charge is 0.339 e. The SMILES string of the molecule is CC1CN(C(=O)CCN2CCc3sccc3C2c2ccccc2)CCN1C(=O)c1ccc2ccccc2c1. The highest BCUT2D eigenvalue weighted by molar-refractivity contribution is 7.10. The molecule has 0 N–H and O–H groups in total. The van der Waals surface area contributed by atoms with Crippen LogP contribution in [0.25, 0.3) is 10.8 Å². The van der Waals surface area contributed by atoms with Crippen LogP contribution in [0.4, 0.5) is 0 Å². The van der Waals surface area contributed by atoms with Gasteiger partial charge < -0.3 is 9.80 Å². The highest BCUT2D eigenvalue weighted by Crippen LogP contribution is 2.37. The second kappa shape index (κ2) is 10.7. The average Bonchev–Trinajstić information content (AvgIpc) is 3.44. The normalized spacial score (nSPS) is 19.9. The molecule has 38 heavy (non-hydrogen) atoms. The Morgan fingerprint density at radius 2 is 1.68 bits per heavy atom. The molecule has 2 aliphatic rings. The van der Waals surface area contributed by atoms with Crippen molar-refractivity contribution in [1.29, 1.82) is 0 Å². The molecular formula is C32H33N3O2S. The molecule has 1 aromatic heterocycles. The van der Waals surface area contributed by atoms with Gasteiger partial charge in [-0.2, -0.15) is 0 Å². The van der Waals surface area contributed by atoms with E-state index in [4.69, 9.17) is 0 Å². The van der Waals surface area contributed by atoms with Crippen molar-refractivity contribution in [1.82, 2.24) is 14.7 Å². The minimum Gasteiger partial charge on any atom is -0.339 e. The first-order valence-corrected chi connectivity index (χ1v) is 14.4. The third-order valence-electron chi connectivity index (χ3n) is 8.03. The predicted molar refractivity (Wildman–Crippen MR) is 154 cm³/mol. The van der Waals surface area contributed by atoms with Gasteiger partial charge in [-0.15, -0.1) is 11.3 Å². The van der Waals surface area contributed by atoms with Gasteiger partial charge >= 0.3 is 0 Å². The number of rotatable bonds is 5. The van der Waals surface area contributed by atoms with E-state index in [-0.39, 0.29) is 23.9 Å². The molecule has 1 fully saturated rings. The fraction of sp³-hybridized carbons (Fsp3) is 0.312. The molecule has 2 atom stereocenters. The van der Waals surface area contributed by atoms with Gasteiger partial charge in [-0.05, 0) is 58.8 Å². The first-order valence-electron chi connectivity index (χ1n) is 13.5. The number of hydrogen-bond donors (Lipinski definition) is 0. The fourth-order valence-corrected chi connectivity index (χ4v) is 6.91. The van der Waals surface area contributed by atoms with E-state index in [1.54, 1.807) is 0 Å². The zero-order valence-electron chi connectivity index (χ0n) is 21.8. The van der Waals surface area contributed by atoms with Gasteiger partial charge in [0.15, 0.2) is 0 Å². The fourth-order valence-electron chi connectivity index (χ4n) is 6.01. The van der Waals surface area contributed by atoms with Gasteiger partial charge in [0.25, 0.3) is 5.91 Å². The minimum atomic E-state index is -0.0212. The average molecular weight is 524 g/mol. The van der Waals surface area contributed by atoms with Crippen molar-refractivity contribution in [3.8, 4) is 0 Å². The van der Waals surface area contributed by atoms with Gasteiger partial charge in [-0.25, -0.2) is 0 Å². The van der Waals surface area contributed by atoms with E-state index in [9.17, 15) is 9.59 Å². The molecule has 1 saturated heterocycles. The molecule has 0 spiro atoms. The third-order valence-corrected chi connectivity index (χ3v) is 9.03. The summed E-state index contributed by atoms with van der Waals surface area (Å²) in [4.78, 5) is 34.4. The lowest BCUT2D eigenvalue weighted by Gasteiger charge is -2.41. The van der Waals surface area contributed by atoms with Gasteiger partial charge in [0.05, 0.1) is 6.04 Å². The lowest BCUT2D eigenvalue weighted by atomic mass is 9.93. The molecule has 0 saturated carbocycles. The first kappa shape index (κ1) is 24.8. The standard InChI is InChI=1S/C32H33N3O2S/c1-23-22-34(18-19-35(23)32(37)27-12-11-24-7-5-6-10-26(24)21-27)30(36)14-17-33-16-13-29-28(15-20-38-29)31(33)25-8-3-2-4-9-25/h2-12,15,20-21,23,31H,13-14,16-19,22H2,1H3. The number of thiophene rings is 1. The number of amides is 2. The summed E-state index contributed by atoms with van der Waals surface area (Å²) in [6, 6.07) is 27.1. The van der Waals surface area contributed by atoms with Crippen LogP contribution in [0.3, 0.4) is 0 Å². The zero-order valence-corrected chi connectivity index (χ0v) is 22.6. The maximum absolute atomic E-state index is 13.3. The van der Waals surface area contributed by atoms with E-state index >= 15 is 0 Å². The number of carbonyl (C=O) groups is 2. The van der Waals surface area contributed by atoms with Crippen LogP contribution in [0.2, 0.25) is 0 Å². The number of carbonyl (C=O) groups excluding carboxylic acids is 2. The van der Waals surface area contributed by atoms with Crippen molar-refractivity contribution < 1.29 is 9.59 Å². The maximum Gasteiger partial charge on any atom is 0.254 e. The molecule has 3 heterocycles. The summed E-state index contributed by atoms with van der Waals surface area (Å²) < 4.78 is 0. The topological polar surface area (TPSA) is 43.9 Å². The molecule has 2 unspecified atom stereocenters. The molecule has 3 aromatic carbocycles. The second-order valence-electron chi connectivity index (χ2n) is 10.4. The Morgan fingerprint density at radius 1 is 0.895 bits per heavy atom. The quantitative estimate of drug-likeness (QED) is 0.341. The van der Waals surface area contributed by atoms with Gasteiger partial charge in [0, 0.05) is 55.6 Å². The molecule has 2 amide bonds. The van der Waals surface area contributed by atoms with Gasteiger partial charge in [0.1, 0.15) is 0 Å². The summed E-state index contributed by atoms with van der Waals surface area (Å²) in [7, 11) is 0. The maximum atomic E-state index is 13.3. The number of hydrogen-bond acceptors (Lipinski definition) is 4. The van der Waals surface area contributed by atoms with Crippen molar-refractivity contribution in [2.45, 2.75) is 31.8 Å². The molecule has 5 nitrogen and oxygen atoms in total. The lowest BCUT2D eigenvalue weighted by molar-refractivity contribution is -0.134. The second-order valence-corrected chi connectivity index (χ2v) is 11.4. The molecule has 0 aliphatic carbocycles. The summed E-state index contributed by atoms with van der Waals surface area (Å²) in [6.07, 6.45) is 1.53. The van der Waals surface area contributed by atoms with E-state index in [1.165, 1.54) is 16.0 Å². The summed E-state index contributed by atoms with van der Waals surface area (Å²) in [5.41, 5.74) is 3.38. The van der Waals surface area contributed by atoms with Crippen molar-refractivity contribution >= 4 is 33.9 Å². The number of fused-ring (bicyclic) bond motifs is 2. The monoisotopic (exact) mass is 523 g/mol. The Morgan fingerprint density at radius 3 is 2.50 bits per heavy atom. The van der Waals surface area contributed by atoms with Crippen LogP contribution in [-0.2, 0) is 11.2 Å². The number of nitrogens with zero attached hydrogens (tertiary/aromatic N) is 3. The molecule has 4 aromatic rings. The number of benzene rings is 3. The Labute approximate surface area is 228 Å². The van der Waals surface area contributed by atoms with Crippen molar-refractivity contribution in [2.24, 2.45) is 0 Å². The molecule has 2 aliphatic heterocycles. The van der Waals surface area contributed by atoms with Crippen molar-refractivity contribution in [3.63, 3.8) is 0 Å². The van der Waals surface area contributed by atoms with E-state index < -0.39 is 0 Å². The zero-order chi connectivity index (χ0) is 26.1. The van der Waals surface area contributed by atoms with E-state index in [2.05, 4.69) is 52.7 Å². The van der Waals surface area contributed by atoms with Crippen LogP contribution in [-0.4, -0.2) is 65.3 Å². The van der Waals surface area contributed by atoms with Crippen LogP contribution in [0, 0.1) is 0 Å². The number of piperazine rings is 1. The van der Waals surface area contributed by atoms with Crippen LogP contribution >= 0.6 is 11.3 Å². The van der Waals surface area contributed by atoms with Crippen LogP contribution < -0.4 is 0 Å². The van der Waals surface area contributed by atoms with Crippen molar-refractivity contribution in [3.05, 3.63) is 106 Å². The Balaban J connectivity index is 1.09. The van der Waals surface area contributed by atoms with Crippen molar-refractivity contribution in [2.75, 3.05) is 32.7 Å². The third kappa shape index (κ3) is 4.86. The summed E-state index contributed by atoms with van der Waals surface area (Å²) in [6.45, 7) is 5.47. The van der Waals surface area contributed by atoms with Gasteiger partial charge in [0.2, 0.25) is 5.91 Å². The molecular weight excluding hydrogens is 490 g/mol. The smallest absolute Gasteiger partial charge is 0.254 e. The molecule has 6 heteroatoms. The van der Waals surface area contributed by atoms with Crippen LogP contribution in [0.1, 0.15) is 45.7 Å². The Hall–Kier alpha value is -3.48. The highest BCUT2D eigenvalue weighted by Gasteiger charge is 2.32. The first-order chi connectivity index (χ1) is 18.6. The Kier molecular flexibility index (Phi) is 7.00. The van der Waals surface area contributed by atoms with Crippen LogP contribution in [0.15, 0.2) is 84.2 Å².